The van der Waals surface area contributed by atoms with E-state index in [4.69, 9.17) is 5.73 Å². The zero-order chi connectivity index (χ0) is 7.49. The molecular formula is C6H15FN2. The van der Waals surface area contributed by atoms with E-state index >= 15 is 0 Å². The van der Waals surface area contributed by atoms with Gasteiger partial charge in [0.25, 0.3) is 0 Å². The third kappa shape index (κ3) is 4.36. The molecule has 0 aromatic rings. The first-order valence-electron chi connectivity index (χ1n) is 3.01. The van der Waals surface area contributed by atoms with Gasteiger partial charge in [-0.25, -0.2) is 4.39 Å². The molecular weight excluding hydrogens is 119 g/mol. The van der Waals surface area contributed by atoms with E-state index in [2.05, 4.69) is 0 Å². The monoisotopic (exact) mass is 134 g/mol. The molecule has 0 rings (SSSR count). The lowest BCUT2D eigenvalue weighted by molar-refractivity contribution is 0.147. The molecule has 56 valence electrons. The van der Waals surface area contributed by atoms with Gasteiger partial charge in [0, 0.05) is 13.1 Å². The van der Waals surface area contributed by atoms with E-state index < -0.39 is 5.67 Å². The summed E-state index contributed by atoms with van der Waals surface area (Å²) in [5, 5.41) is 0. The van der Waals surface area contributed by atoms with Crippen LogP contribution in [0.1, 0.15) is 6.92 Å². The van der Waals surface area contributed by atoms with Crippen molar-refractivity contribution in [3.05, 3.63) is 0 Å². The maximum absolute atomic E-state index is 12.9. The number of nitrogens with zero attached hydrogens (tertiary/aromatic N) is 1. The van der Waals surface area contributed by atoms with Crippen LogP contribution in [-0.4, -0.2) is 37.8 Å². The Labute approximate surface area is 55.8 Å². The summed E-state index contributed by atoms with van der Waals surface area (Å²) in [6.45, 7) is 1.99. The standard InChI is InChI=1S/C6H15FN2/c1-6(7,4-8)5-9(2)3/h4-5,8H2,1-3H3. The summed E-state index contributed by atoms with van der Waals surface area (Å²) in [6, 6.07) is 0. The Hall–Kier alpha value is -0.150. The molecule has 2 N–H and O–H groups in total. The largest absolute Gasteiger partial charge is 0.327 e. The van der Waals surface area contributed by atoms with Crippen LogP contribution in [0.3, 0.4) is 0 Å². The average Bonchev–Trinajstić information content (AvgIpc) is 1.63. The normalized spacial score (nSPS) is 18.0. The number of alkyl halides is 1. The van der Waals surface area contributed by atoms with Crippen LogP contribution in [0.2, 0.25) is 0 Å². The van der Waals surface area contributed by atoms with Gasteiger partial charge in [-0.05, 0) is 21.0 Å². The Morgan fingerprint density at radius 3 is 2.11 bits per heavy atom. The molecule has 1 unspecified atom stereocenters. The van der Waals surface area contributed by atoms with Crippen LogP contribution in [0, 0.1) is 0 Å². The summed E-state index contributed by atoms with van der Waals surface area (Å²) >= 11 is 0. The van der Waals surface area contributed by atoms with Crippen LogP contribution < -0.4 is 5.73 Å². The molecule has 0 aromatic heterocycles. The summed E-state index contributed by atoms with van der Waals surface area (Å²) < 4.78 is 12.9. The topological polar surface area (TPSA) is 29.3 Å². The molecule has 0 aliphatic heterocycles. The van der Waals surface area contributed by atoms with E-state index in [-0.39, 0.29) is 6.54 Å². The second kappa shape index (κ2) is 3.13. The minimum Gasteiger partial charge on any atom is -0.327 e. The molecule has 0 bridgehead atoms. The molecule has 9 heavy (non-hydrogen) atoms. The first kappa shape index (κ1) is 8.85. The first-order valence-corrected chi connectivity index (χ1v) is 3.01. The Morgan fingerprint density at radius 1 is 1.56 bits per heavy atom. The molecule has 0 heterocycles. The highest BCUT2D eigenvalue weighted by Gasteiger charge is 2.20. The smallest absolute Gasteiger partial charge is 0.132 e. The maximum atomic E-state index is 12.9. The summed E-state index contributed by atoms with van der Waals surface area (Å²) in [6.07, 6.45) is 0. The van der Waals surface area contributed by atoms with Gasteiger partial charge in [-0.3, -0.25) is 0 Å². The van der Waals surface area contributed by atoms with Crippen LogP contribution in [0.15, 0.2) is 0 Å². The zero-order valence-corrected chi connectivity index (χ0v) is 6.32. The van der Waals surface area contributed by atoms with Gasteiger partial charge in [0.2, 0.25) is 0 Å². The number of rotatable bonds is 3. The second-order valence-electron chi connectivity index (χ2n) is 2.86. The van der Waals surface area contributed by atoms with Crippen molar-refractivity contribution >= 4 is 0 Å². The maximum Gasteiger partial charge on any atom is 0.132 e. The van der Waals surface area contributed by atoms with Crippen molar-refractivity contribution in [1.29, 1.82) is 0 Å². The minimum atomic E-state index is -1.23. The van der Waals surface area contributed by atoms with Crippen molar-refractivity contribution in [3.63, 3.8) is 0 Å². The van der Waals surface area contributed by atoms with Crippen molar-refractivity contribution in [1.82, 2.24) is 4.90 Å². The highest BCUT2D eigenvalue weighted by Crippen LogP contribution is 2.07. The van der Waals surface area contributed by atoms with E-state index in [1.807, 2.05) is 14.1 Å². The molecule has 0 aliphatic carbocycles. The molecule has 3 heteroatoms. The minimum absolute atomic E-state index is 0.0885. The summed E-state index contributed by atoms with van der Waals surface area (Å²) in [5.74, 6) is 0. The summed E-state index contributed by atoms with van der Waals surface area (Å²) in [5.41, 5.74) is 3.92. The van der Waals surface area contributed by atoms with Gasteiger partial charge in [-0.15, -0.1) is 0 Å². The van der Waals surface area contributed by atoms with Crippen molar-refractivity contribution < 1.29 is 4.39 Å². The zero-order valence-electron chi connectivity index (χ0n) is 6.32. The van der Waals surface area contributed by atoms with Gasteiger partial charge in [-0.2, -0.15) is 0 Å². The third-order valence-electron chi connectivity index (χ3n) is 1.07. The van der Waals surface area contributed by atoms with E-state index in [0.717, 1.165) is 0 Å². The van der Waals surface area contributed by atoms with Gasteiger partial charge >= 0.3 is 0 Å². The lowest BCUT2D eigenvalue weighted by atomic mass is 10.1. The van der Waals surface area contributed by atoms with E-state index in [9.17, 15) is 4.39 Å². The van der Waals surface area contributed by atoms with Crippen LogP contribution in [-0.2, 0) is 0 Å². The Morgan fingerprint density at radius 2 is 2.00 bits per heavy atom. The van der Waals surface area contributed by atoms with Crippen molar-refractivity contribution in [3.8, 4) is 0 Å². The highest BCUT2D eigenvalue weighted by molar-refractivity contribution is 4.76. The van der Waals surface area contributed by atoms with Crippen molar-refractivity contribution in [2.24, 2.45) is 5.73 Å². The number of halogens is 1. The van der Waals surface area contributed by atoms with Crippen LogP contribution in [0.25, 0.3) is 0 Å². The molecule has 0 aromatic carbocycles. The fourth-order valence-corrected chi connectivity index (χ4v) is 0.724. The first-order chi connectivity index (χ1) is 3.98. The quantitative estimate of drug-likeness (QED) is 0.599. The van der Waals surface area contributed by atoms with Gasteiger partial charge in [0.1, 0.15) is 5.67 Å². The SMILES string of the molecule is CN(C)CC(C)(F)CN. The Bertz CT molecular complexity index is 81.1. The molecule has 0 amide bonds. The lowest BCUT2D eigenvalue weighted by Gasteiger charge is -2.21. The fraction of sp³-hybridized carbons (Fsp3) is 1.00. The molecule has 0 aliphatic rings. The van der Waals surface area contributed by atoms with Gasteiger partial charge < -0.3 is 10.6 Å². The second-order valence-corrected chi connectivity index (χ2v) is 2.86. The molecule has 0 saturated heterocycles. The fourth-order valence-electron chi connectivity index (χ4n) is 0.724. The average molecular weight is 134 g/mol. The molecule has 2 nitrogen and oxygen atoms in total. The van der Waals surface area contributed by atoms with Crippen LogP contribution in [0.5, 0.6) is 0 Å². The highest BCUT2D eigenvalue weighted by atomic mass is 19.1. The van der Waals surface area contributed by atoms with Crippen molar-refractivity contribution in [2.45, 2.75) is 12.6 Å². The van der Waals surface area contributed by atoms with Gasteiger partial charge in [0.05, 0.1) is 0 Å². The van der Waals surface area contributed by atoms with Gasteiger partial charge in [-0.1, -0.05) is 0 Å². The van der Waals surface area contributed by atoms with E-state index in [0.29, 0.717) is 6.54 Å². The number of nitrogens with two attached hydrogens (primary N) is 1. The molecule has 0 saturated carbocycles. The van der Waals surface area contributed by atoms with Crippen molar-refractivity contribution in [2.75, 3.05) is 27.2 Å². The molecule has 0 spiro atoms. The Balaban J connectivity index is 3.58. The third-order valence-corrected chi connectivity index (χ3v) is 1.07. The molecule has 1 atom stereocenters. The van der Waals surface area contributed by atoms with Crippen LogP contribution in [0.4, 0.5) is 4.39 Å². The van der Waals surface area contributed by atoms with Gasteiger partial charge in [0.15, 0.2) is 0 Å². The summed E-state index contributed by atoms with van der Waals surface area (Å²) in [4.78, 5) is 1.78. The predicted molar refractivity (Wildman–Crippen MR) is 37.1 cm³/mol. The lowest BCUT2D eigenvalue weighted by Crippen LogP contribution is -2.39. The van der Waals surface area contributed by atoms with Crippen LogP contribution >= 0.6 is 0 Å². The number of hydrogen-bond donors (Lipinski definition) is 1. The number of hydrogen-bond acceptors (Lipinski definition) is 2. The predicted octanol–water partition coefficient (Wildman–Crippen LogP) is 0.235. The molecule has 0 fully saturated rings. The summed E-state index contributed by atoms with van der Waals surface area (Å²) in [7, 11) is 3.65. The van der Waals surface area contributed by atoms with E-state index in [1.54, 1.807) is 4.90 Å². The molecule has 0 radical (unpaired) electrons. The Kier molecular flexibility index (Phi) is 3.08. The van der Waals surface area contributed by atoms with E-state index in [1.165, 1.54) is 6.92 Å².